The highest BCUT2D eigenvalue weighted by Crippen LogP contribution is 2.26. The molecule has 0 atom stereocenters. The first kappa shape index (κ1) is 11.3. The molecule has 1 aliphatic heterocycles. The van der Waals surface area contributed by atoms with Crippen LogP contribution in [0.25, 0.3) is 0 Å². The van der Waals surface area contributed by atoms with Gasteiger partial charge in [-0.25, -0.2) is 13.2 Å². The molecule has 0 aliphatic carbocycles. The molecule has 0 spiro atoms. The number of anilines is 1. The summed E-state index contributed by atoms with van der Waals surface area (Å²) in [5.41, 5.74) is 0.610. The zero-order valence-corrected chi connectivity index (χ0v) is 8.99. The van der Waals surface area contributed by atoms with E-state index in [2.05, 4.69) is 5.32 Å². The number of rotatable bonds is 1. The van der Waals surface area contributed by atoms with Crippen LogP contribution in [-0.4, -0.2) is 26.2 Å². The quantitative estimate of drug-likeness (QED) is 0.740. The molecule has 0 aromatic heterocycles. The van der Waals surface area contributed by atoms with Crippen LogP contribution in [0.5, 0.6) is 0 Å². The Bertz CT molecular complexity index is 401. The first-order valence-electron chi connectivity index (χ1n) is 5.21. The predicted octanol–water partition coefficient (Wildman–Crippen LogP) is 1.82. The van der Waals surface area contributed by atoms with Crippen LogP contribution in [0, 0.1) is 24.4 Å². The number of hydrogen-bond acceptors (Lipinski definition) is 2. The minimum Gasteiger partial charge on any atom is -0.369 e. The van der Waals surface area contributed by atoms with Crippen molar-refractivity contribution >= 4 is 5.69 Å². The van der Waals surface area contributed by atoms with Crippen molar-refractivity contribution in [2.45, 2.75) is 6.92 Å². The molecule has 88 valence electrons. The molecule has 1 aromatic rings. The van der Waals surface area contributed by atoms with Gasteiger partial charge in [-0.1, -0.05) is 0 Å². The molecule has 1 N–H and O–H groups in total. The molecular weight excluding hydrogens is 217 g/mol. The highest BCUT2D eigenvalue weighted by molar-refractivity contribution is 5.54. The molecule has 1 aromatic carbocycles. The Morgan fingerprint density at radius 3 is 2.38 bits per heavy atom. The van der Waals surface area contributed by atoms with Gasteiger partial charge in [0.05, 0.1) is 0 Å². The van der Waals surface area contributed by atoms with Gasteiger partial charge >= 0.3 is 0 Å². The highest BCUT2D eigenvalue weighted by Gasteiger charge is 2.20. The van der Waals surface area contributed by atoms with Crippen LogP contribution in [0.15, 0.2) is 6.07 Å². The molecule has 0 amide bonds. The van der Waals surface area contributed by atoms with Gasteiger partial charge in [0.25, 0.3) is 0 Å². The second kappa shape index (κ2) is 4.33. The van der Waals surface area contributed by atoms with E-state index < -0.39 is 17.5 Å². The molecule has 5 heteroatoms. The average Bonchev–Trinajstić information content (AvgIpc) is 2.32. The number of benzene rings is 1. The maximum Gasteiger partial charge on any atom is 0.194 e. The Labute approximate surface area is 92.1 Å². The maximum absolute atomic E-state index is 13.3. The van der Waals surface area contributed by atoms with Crippen molar-refractivity contribution in [3.05, 3.63) is 29.1 Å². The lowest BCUT2D eigenvalue weighted by molar-refractivity contribution is 0.442. The smallest absolute Gasteiger partial charge is 0.194 e. The van der Waals surface area contributed by atoms with E-state index in [0.29, 0.717) is 18.8 Å². The summed E-state index contributed by atoms with van der Waals surface area (Å²) >= 11 is 0. The molecule has 0 unspecified atom stereocenters. The molecule has 1 saturated heterocycles. The van der Waals surface area contributed by atoms with Crippen molar-refractivity contribution in [1.82, 2.24) is 5.32 Å². The SMILES string of the molecule is Cc1c(N2CCNCC2)cc(F)c(F)c1F. The van der Waals surface area contributed by atoms with E-state index in [4.69, 9.17) is 0 Å². The van der Waals surface area contributed by atoms with Crippen molar-refractivity contribution in [3.63, 3.8) is 0 Å². The van der Waals surface area contributed by atoms with Gasteiger partial charge in [-0.15, -0.1) is 0 Å². The van der Waals surface area contributed by atoms with Crippen molar-refractivity contribution in [1.29, 1.82) is 0 Å². The van der Waals surface area contributed by atoms with Gasteiger partial charge < -0.3 is 10.2 Å². The third-order valence-corrected chi connectivity index (χ3v) is 2.84. The molecular formula is C11H13F3N2. The van der Waals surface area contributed by atoms with Crippen molar-refractivity contribution < 1.29 is 13.2 Å². The van der Waals surface area contributed by atoms with Gasteiger partial charge in [-0.3, -0.25) is 0 Å². The summed E-state index contributed by atoms with van der Waals surface area (Å²) in [6.45, 7) is 4.34. The van der Waals surface area contributed by atoms with Gasteiger partial charge in [0, 0.05) is 43.5 Å². The Morgan fingerprint density at radius 1 is 1.12 bits per heavy atom. The zero-order valence-electron chi connectivity index (χ0n) is 8.99. The van der Waals surface area contributed by atoms with Crippen molar-refractivity contribution in [3.8, 4) is 0 Å². The number of halogens is 3. The molecule has 2 nitrogen and oxygen atoms in total. The van der Waals surface area contributed by atoms with Crippen molar-refractivity contribution in [2.75, 3.05) is 31.1 Å². The maximum atomic E-state index is 13.3. The topological polar surface area (TPSA) is 15.3 Å². The highest BCUT2D eigenvalue weighted by atomic mass is 19.2. The van der Waals surface area contributed by atoms with Crippen LogP contribution in [0.1, 0.15) is 5.56 Å². The lowest BCUT2D eigenvalue weighted by Crippen LogP contribution is -2.44. The molecule has 1 fully saturated rings. The minimum atomic E-state index is -1.39. The molecule has 0 saturated carbocycles. The van der Waals surface area contributed by atoms with Crippen LogP contribution in [0.2, 0.25) is 0 Å². The fraction of sp³-hybridized carbons (Fsp3) is 0.455. The van der Waals surface area contributed by atoms with E-state index in [1.807, 2.05) is 4.90 Å². The summed E-state index contributed by atoms with van der Waals surface area (Å²) in [7, 11) is 0. The fourth-order valence-electron chi connectivity index (χ4n) is 1.91. The van der Waals surface area contributed by atoms with Gasteiger partial charge in [0.15, 0.2) is 17.5 Å². The zero-order chi connectivity index (χ0) is 11.7. The lowest BCUT2D eigenvalue weighted by Gasteiger charge is -2.30. The Morgan fingerprint density at radius 2 is 1.75 bits per heavy atom. The molecule has 0 radical (unpaired) electrons. The van der Waals surface area contributed by atoms with Gasteiger partial charge in [-0.2, -0.15) is 0 Å². The number of nitrogens with one attached hydrogen (secondary N) is 1. The summed E-state index contributed by atoms with van der Waals surface area (Å²) in [6, 6.07) is 1.07. The number of piperazine rings is 1. The van der Waals surface area contributed by atoms with E-state index in [9.17, 15) is 13.2 Å². The number of nitrogens with zero attached hydrogens (tertiary/aromatic N) is 1. The summed E-state index contributed by atoms with van der Waals surface area (Å²) < 4.78 is 39.4. The normalized spacial score (nSPS) is 16.6. The third kappa shape index (κ3) is 1.87. The van der Waals surface area contributed by atoms with E-state index in [0.717, 1.165) is 19.2 Å². The molecule has 16 heavy (non-hydrogen) atoms. The van der Waals surface area contributed by atoms with Crippen LogP contribution in [0.4, 0.5) is 18.9 Å². The Kier molecular flexibility index (Phi) is 3.05. The lowest BCUT2D eigenvalue weighted by atomic mass is 10.1. The number of hydrogen-bond donors (Lipinski definition) is 1. The predicted molar refractivity (Wildman–Crippen MR) is 56.1 cm³/mol. The second-order valence-corrected chi connectivity index (χ2v) is 3.87. The Balaban J connectivity index is 2.40. The first-order chi connectivity index (χ1) is 7.61. The average molecular weight is 230 g/mol. The molecule has 0 bridgehead atoms. The monoisotopic (exact) mass is 230 g/mol. The summed E-state index contributed by atoms with van der Waals surface area (Å²) in [6.07, 6.45) is 0. The summed E-state index contributed by atoms with van der Waals surface area (Å²) in [5.74, 6) is -3.61. The standard InChI is InChI=1S/C11H13F3N2/c1-7-9(16-4-2-15-3-5-16)6-8(12)11(14)10(7)13/h6,15H,2-5H2,1H3. The summed E-state index contributed by atoms with van der Waals surface area (Å²) in [4.78, 5) is 1.86. The first-order valence-corrected chi connectivity index (χ1v) is 5.21. The van der Waals surface area contributed by atoms with Crippen LogP contribution in [-0.2, 0) is 0 Å². The molecule has 1 heterocycles. The van der Waals surface area contributed by atoms with E-state index in [1.54, 1.807) is 0 Å². The molecule has 2 rings (SSSR count). The largest absolute Gasteiger partial charge is 0.369 e. The van der Waals surface area contributed by atoms with Crippen LogP contribution < -0.4 is 10.2 Å². The van der Waals surface area contributed by atoms with Gasteiger partial charge in [0.1, 0.15) is 0 Å². The summed E-state index contributed by atoms with van der Waals surface area (Å²) in [5, 5.41) is 3.14. The van der Waals surface area contributed by atoms with Crippen molar-refractivity contribution in [2.24, 2.45) is 0 Å². The minimum absolute atomic E-state index is 0.167. The van der Waals surface area contributed by atoms with E-state index in [-0.39, 0.29) is 5.56 Å². The van der Waals surface area contributed by atoms with E-state index >= 15 is 0 Å². The van der Waals surface area contributed by atoms with Crippen LogP contribution in [0.3, 0.4) is 0 Å². The Hall–Kier alpha value is -1.23. The fourth-order valence-corrected chi connectivity index (χ4v) is 1.91. The van der Waals surface area contributed by atoms with Gasteiger partial charge in [-0.05, 0) is 6.92 Å². The van der Waals surface area contributed by atoms with E-state index in [1.165, 1.54) is 6.92 Å². The molecule has 1 aliphatic rings. The van der Waals surface area contributed by atoms with Gasteiger partial charge in [0.2, 0.25) is 0 Å². The third-order valence-electron chi connectivity index (χ3n) is 2.84. The second-order valence-electron chi connectivity index (χ2n) is 3.87. The van der Waals surface area contributed by atoms with Crippen LogP contribution >= 0.6 is 0 Å².